The number of benzene rings is 1. The molecule has 0 saturated carbocycles. The maximum atomic E-state index is 14.2. The van der Waals surface area contributed by atoms with Crippen molar-refractivity contribution in [1.82, 2.24) is 19.4 Å². The molecule has 1 fully saturated rings. The predicted molar refractivity (Wildman–Crippen MR) is 148 cm³/mol. The summed E-state index contributed by atoms with van der Waals surface area (Å²) in [5.41, 5.74) is 8.60. The lowest BCUT2D eigenvalue weighted by Gasteiger charge is -2.41. The lowest BCUT2D eigenvalue weighted by molar-refractivity contribution is 0.156. The standard InChI is InChI=1S/C28H28F2N6O2S/c1-38-26-9-17(6-7-32-26)13-35(19-3-2-8-34(14-19)18-4-5-25(31)33-12-18)15-21-27(37)20-10-22(29)23(30)11-24(20)36-16-39-28(21)36/h4-7,9-12,19H,2-3,8,13-16H2,1H3,(H2,31,33)/t19-/m0/s1. The molecule has 5 heterocycles. The molecule has 0 radical (unpaired) electrons. The van der Waals surface area contributed by atoms with Crippen molar-refractivity contribution in [3.63, 3.8) is 0 Å². The molecule has 0 bridgehead atoms. The van der Waals surface area contributed by atoms with Crippen LogP contribution in [0.5, 0.6) is 5.88 Å². The summed E-state index contributed by atoms with van der Waals surface area (Å²) in [6.45, 7) is 2.58. The number of hydrogen-bond donors (Lipinski definition) is 1. The smallest absolute Gasteiger partial charge is 0.213 e. The van der Waals surface area contributed by atoms with Gasteiger partial charge in [-0.2, -0.15) is 0 Å². The van der Waals surface area contributed by atoms with Crippen molar-refractivity contribution in [1.29, 1.82) is 0 Å². The summed E-state index contributed by atoms with van der Waals surface area (Å²) < 4.78 is 35.5. The van der Waals surface area contributed by atoms with Crippen LogP contribution in [0.2, 0.25) is 0 Å². The highest BCUT2D eigenvalue weighted by molar-refractivity contribution is 7.99. The van der Waals surface area contributed by atoms with Crippen molar-refractivity contribution < 1.29 is 13.5 Å². The van der Waals surface area contributed by atoms with Gasteiger partial charge in [0, 0.05) is 61.5 Å². The second-order valence-electron chi connectivity index (χ2n) is 9.89. The number of ether oxygens (including phenoxy) is 1. The van der Waals surface area contributed by atoms with E-state index in [2.05, 4.69) is 19.8 Å². The number of nitrogen functional groups attached to an aromatic ring is 1. The van der Waals surface area contributed by atoms with E-state index in [0.29, 0.717) is 41.7 Å². The summed E-state index contributed by atoms with van der Waals surface area (Å²) in [5, 5.41) is 1.02. The first kappa shape index (κ1) is 25.6. The third-order valence-corrected chi connectivity index (χ3v) is 8.61. The van der Waals surface area contributed by atoms with E-state index in [0.717, 1.165) is 54.3 Å². The van der Waals surface area contributed by atoms with Gasteiger partial charge in [0.1, 0.15) is 5.82 Å². The number of halogens is 2. The van der Waals surface area contributed by atoms with Gasteiger partial charge in [-0.05, 0) is 42.7 Å². The summed E-state index contributed by atoms with van der Waals surface area (Å²) in [4.78, 5) is 26.8. The van der Waals surface area contributed by atoms with E-state index in [1.165, 1.54) is 0 Å². The van der Waals surface area contributed by atoms with Crippen LogP contribution in [0.4, 0.5) is 20.3 Å². The average molecular weight is 551 g/mol. The fourth-order valence-corrected chi connectivity index (χ4v) is 6.40. The molecule has 1 aromatic carbocycles. The Hall–Kier alpha value is -3.70. The van der Waals surface area contributed by atoms with E-state index in [-0.39, 0.29) is 16.9 Å². The highest BCUT2D eigenvalue weighted by atomic mass is 32.2. The first-order chi connectivity index (χ1) is 18.9. The number of pyridine rings is 3. The topological polar surface area (TPSA) is 89.5 Å². The molecular formula is C28H28F2N6O2S. The van der Waals surface area contributed by atoms with Crippen molar-refractivity contribution in [3.05, 3.63) is 81.8 Å². The molecule has 39 heavy (non-hydrogen) atoms. The second kappa shape index (κ2) is 10.5. The Bertz CT molecular complexity index is 1600. The first-order valence-electron chi connectivity index (χ1n) is 12.8. The van der Waals surface area contributed by atoms with Crippen LogP contribution in [-0.4, -0.2) is 45.7 Å². The number of hydrogen-bond acceptors (Lipinski definition) is 8. The molecule has 202 valence electrons. The second-order valence-corrected chi connectivity index (χ2v) is 10.8. The van der Waals surface area contributed by atoms with Gasteiger partial charge in [0.25, 0.3) is 0 Å². The molecule has 6 rings (SSSR count). The van der Waals surface area contributed by atoms with Gasteiger partial charge in [0.2, 0.25) is 5.88 Å². The fourth-order valence-electron chi connectivity index (χ4n) is 5.45. The number of nitrogens with zero attached hydrogens (tertiary/aromatic N) is 5. The van der Waals surface area contributed by atoms with Gasteiger partial charge in [-0.3, -0.25) is 9.69 Å². The van der Waals surface area contributed by atoms with Crippen LogP contribution >= 0.6 is 11.8 Å². The highest BCUT2D eigenvalue weighted by Gasteiger charge is 2.31. The van der Waals surface area contributed by atoms with Gasteiger partial charge in [-0.1, -0.05) is 11.8 Å². The molecule has 11 heteroatoms. The Morgan fingerprint density at radius 2 is 2.00 bits per heavy atom. The normalized spacial score (nSPS) is 16.8. The van der Waals surface area contributed by atoms with E-state index in [4.69, 9.17) is 10.5 Å². The van der Waals surface area contributed by atoms with E-state index < -0.39 is 11.6 Å². The third-order valence-electron chi connectivity index (χ3n) is 7.49. The lowest BCUT2D eigenvalue weighted by Crippen LogP contribution is -2.48. The van der Waals surface area contributed by atoms with Crippen LogP contribution < -0.4 is 20.8 Å². The van der Waals surface area contributed by atoms with Crippen LogP contribution in [0.25, 0.3) is 10.9 Å². The minimum atomic E-state index is -1.01. The van der Waals surface area contributed by atoms with Gasteiger partial charge in [-0.15, -0.1) is 0 Å². The number of thioether (sulfide) groups is 1. The zero-order chi connectivity index (χ0) is 27.1. The summed E-state index contributed by atoms with van der Waals surface area (Å²) in [7, 11) is 1.58. The van der Waals surface area contributed by atoms with Gasteiger partial charge in [0.05, 0.1) is 35.4 Å². The maximum absolute atomic E-state index is 14.2. The molecular weight excluding hydrogens is 522 g/mol. The Balaban J connectivity index is 1.38. The van der Waals surface area contributed by atoms with Gasteiger partial charge >= 0.3 is 0 Å². The molecule has 4 aromatic rings. The number of piperidine rings is 1. The number of rotatable bonds is 7. The number of fused-ring (bicyclic) bond motifs is 3. The fraction of sp³-hybridized carbons (Fsp3) is 0.321. The summed E-state index contributed by atoms with van der Waals surface area (Å²) in [5.74, 6) is -0.377. The zero-order valence-electron chi connectivity index (χ0n) is 21.4. The van der Waals surface area contributed by atoms with Crippen molar-refractivity contribution in [2.45, 2.75) is 42.9 Å². The van der Waals surface area contributed by atoms with Crippen LogP contribution in [0.3, 0.4) is 0 Å². The minimum absolute atomic E-state index is 0.126. The van der Waals surface area contributed by atoms with Gasteiger partial charge in [0.15, 0.2) is 17.1 Å². The lowest BCUT2D eigenvalue weighted by atomic mass is 10.0. The number of nitrogens with two attached hydrogens (primary N) is 1. The molecule has 0 aliphatic carbocycles. The summed E-state index contributed by atoms with van der Waals surface area (Å²) in [6.07, 6.45) is 5.42. The Kier molecular flexibility index (Phi) is 6.86. The molecule has 2 N–H and O–H groups in total. The largest absolute Gasteiger partial charge is 0.481 e. The van der Waals surface area contributed by atoms with E-state index in [1.54, 1.807) is 37.3 Å². The van der Waals surface area contributed by atoms with E-state index in [9.17, 15) is 13.6 Å². The van der Waals surface area contributed by atoms with Crippen molar-refractivity contribution in [3.8, 4) is 5.88 Å². The summed E-state index contributed by atoms with van der Waals surface area (Å²) >= 11 is 1.56. The molecule has 3 aromatic heterocycles. The van der Waals surface area contributed by atoms with Gasteiger partial charge in [-0.25, -0.2) is 18.7 Å². The number of aromatic nitrogens is 3. The Morgan fingerprint density at radius 3 is 2.74 bits per heavy atom. The predicted octanol–water partition coefficient (Wildman–Crippen LogP) is 4.39. The molecule has 8 nitrogen and oxygen atoms in total. The summed E-state index contributed by atoms with van der Waals surface area (Å²) in [6, 6.07) is 9.90. The van der Waals surface area contributed by atoms with Crippen molar-refractivity contribution >= 4 is 34.2 Å². The van der Waals surface area contributed by atoms with Crippen LogP contribution in [-0.2, 0) is 19.0 Å². The number of methoxy groups -OCH3 is 1. The third kappa shape index (κ3) is 4.92. The maximum Gasteiger partial charge on any atom is 0.213 e. The molecule has 2 aliphatic heterocycles. The molecule has 0 unspecified atom stereocenters. The molecule has 1 atom stereocenters. The first-order valence-corrected chi connectivity index (χ1v) is 13.8. The molecule has 1 saturated heterocycles. The minimum Gasteiger partial charge on any atom is -0.481 e. The van der Waals surface area contributed by atoms with Crippen molar-refractivity contribution in [2.75, 3.05) is 30.8 Å². The SMILES string of the molecule is COc1cc(CN(Cc2c3n(c4cc(F)c(F)cc4c2=O)CS3)[C@H]2CCCN(c3ccc(N)nc3)C2)ccn1. The molecule has 0 spiro atoms. The molecule has 0 amide bonds. The Morgan fingerprint density at radius 1 is 1.15 bits per heavy atom. The van der Waals surface area contributed by atoms with Gasteiger partial charge < -0.3 is 19.9 Å². The van der Waals surface area contributed by atoms with Crippen LogP contribution in [0.15, 0.2) is 58.6 Å². The van der Waals surface area contributed by atoms with E-state index in [1.807, 2.05) is 22.8 Å². The highest BCUT2D eigenvalue weighted by Crippen LogP contribution is 2.38. The monoisotopic (exact) mass is 550 g/mol. The average Bonchev–Trinajstić information content (AvgIpc) is 2.93. The number of anilines is 2. The van der Waals surface area contributed by atoms with E-state index >= 15 is 0 Å². The quantitative estimate of drug-likeness (QED) is 0.362. The zero-order valence-corrected chi connectivity index (χ0v) is 22.3. The molecule has 2 aliphatic rings. The van der Waals surface area contributed by atoms with Crippen molar-refractivity contribution in [2.24, 2.45) is 0 Å². The van der Waals surface area contributed by atoms with Crippen LogP contribution in [0, 0.1) is 11.6 Å². The Labute approximate surface area is 228 Å². The van der Waals surface area contributed by atoms with Crippen LogP contribution in [0.1, 0.15) is 24.0 Å².